The van der Waals surface area contributed by atoms with E-state index in [2.05, 4.69) is 0 Å². The van der Waals surface area contributed by atoms with Crippen molar-refractivity contribution in [2.75, 3.05) is 17.2 Å². The van der Waals surface area contributed by atoms with Crippen LogP contribution < -0.4 is 10.6 Å². The number of aryl methyl sites for hydroxylation is 1. The molecule has 0 spiro atoms. The minimum atomic E-state index is -0.308. The SMILES string of the molecule is Cc1cccc(N2CC(c3ccc(N)cc3)OC2=O)c1. The Morgan fingerprint density at radius 3 is 2.65 bits per heavy atom. The highest BCUT2D eigenvalue weighted by atomic mass is 16.6. The van der Waals surface area contributed by atoms with Crippen LogP contribution in [0.25, 0.3) is 0 Å². The molecule has 102 valence electrons. The molecule has 0 aromatic heterocycles. The third-order valence-corrected chi connectivity index (χ3v) is 3.43. The molecule has 1 heterocycles. The fraction of sp³-hybridized carbons (Fsp3) is 0.188. The third kappa shape index (κ3) is 2.32. The van der Waals surface area contributed by atoms with Crippen molar-refractivity contribution in [3.05, 3.63) is 59.7 Å². The van der Waals surface area contributed by atoms with E-state index in [0.717, 1.165) is 16.8 Å². The first-order valence-corrected chi connectivity index (χ1v) is 6.54. The molecule has 1 unspecified atom stereocenters. The van der Waals surface area contributed by atoms with Crippen molar-refractivity contribution in [1.29, 1.82) is 0 Å². The molecular weight excluding hydrogens is 252 g/mol. The molecule has 1 atom stereocenters. The second-order valence-corrected chi connectivity index (χ2v) is 4.99. The summed E-state index contributed by atoms with van der Waals surface area (Å²) in [6, 6.07) is 15.3. The number of nitrogen functional groups attached to an aromatic ring is 1. The number of nitrogens with zero attached hydrogens (tertiary/aromatic N) is 1. The van der Waals surface area contributed by atoms with E-state index in [1.165, 1.54) is 0 Å². The van der Waals surface area contributed by atoms with Crippen LogP contribution in [0.4, 0.5) is 16.2 Å². The normalized spacial score (nSPS) is 18.1. The smallest absolute Gasteiger partial charge is 0.415 e. The zero-order valence-corrected chi connectivity index (χ0v) is 11.2. The van der Waals surface area contributed by atoms with Crippen LogP contribution in [0.5, 0.6) is 0 Å². The molecule has 20 heavy (non-hydrogen) atoms. The number of amides is 1. The Kier molecular flexibility index (Phi) is 3.06. The molecular formula is C16H16N2O2. The van der Waals surface area contributed by atoms with Gasteiger partial charge in [0.2, 0.25) is 0 Å². The van der Waals surface area contributed by atoms with Gasteiger partial charge in [-0.2, -0.15) is 0 Å². The maximum absolute atomic E-state index is 12.0. The van der Waals surface area contributed by atoms with Crippen LogP contribution >= 0.6 is 0 Å². The fourth-order valence-electron chi connectivity index (χ4n) is 2.35. The average Bonchev–Trinajstić information content (AvgIpc) is 2.82. The first-order chi connectivity index (χ1) is 9.63. The van der Waals surface area contributed by atoms with Gasteiger partial charge in [-0.3, -0.25) is 4.90 Å². The minimum Gasteiger partial charge on any atom is -0.439 e. The molecule has 1 aliphatic heterocycles. The molecule has 0 radical (unpaired) electrons. The summed E-state index contributed by atoms with van der Waals surface area (Å²) in [5.41, 5.74) is 9.32. The number of rotatable bonds is 2. The first kappa shape index (κ1) is 12.5. The van der Waals surface area contributed by atoms with Gasteiger partial charge in [0.25, 0.3) is 0 Å². The van der Waals surface area contributed by atoms with Crippen LogP contribution in [0.2, 0.25) is 0 Å². The summed E-state index contributed by atoms with van der Waals surface area (Å²) in [5, 5.41) is 0. The predicted molar refractivity (Wildman–Crippen MR) is 78.6 cm³/mol. The minimum absolute atomic E-state index is 0.247. The van der Waals surface area contributed by atoms with Crippen LogP contribution in [0.1, 0.15) is 17.2 Å². The van der Waals surface area contributed by atoms with Gasteiger partial charge < -0.3 is 10.5 Å². The van der Waals surface area contributed by atoms with Crippen molar-refractivity contribution < 1.29 is 9.53 Å². The molecule has 0 saturated carbocycles. The number of benzene rings is 2. The van der Waals surface area contributed by atoms with Crippen molar-refractivity contribution >= 4 is 17.5 Å². The fourth-order valence-corrected chi connectivity index (χ4v) is 2.35. The Balaban J connectivity index is 1.83. The van der Waals surface area contributed by atoms with Gasteiger partial charge in [-0.25, -0.2) is 4.79 Å². The number of hydrogen-bond donors (Lipinski definition) is 1. The number of nitrogens with two attached hydrogens (primary N) is 1. The quantitative estimate of drug-likeness (QED) is 0.850. The molecule has 2 aromatic carbocycles. The highest BCUT2D eigenvalue weighted by molar-refractivity contribution is 5.90. The van der Waals surface area contributed by atoms with Crippen LogP contribution in [-0.2, 0) is 4.74 Å². The summed E-state index contributed by atoms with van der Waals surface area (Å²) in [5.74, 6) is 0. The van der Waals surface area contributed by atoms with E-state index in [0.29, 0.717) is 12.2 Å². The molecule has 0 aliphatic carbocycles. The molecule has 1 fully saturated rings. The predicted octanol–water partition coefficient (Wildman–Crippen LogP) is 3.28. The van der Waals surface area contributed by atoms with E-state index < -0.39 is 0 Å². The molecule has 3 rings (SSSR count). The topological polar surface area (TPSA) is 55.6 Å². The lowest BCUT2D eigenvalue weighted by atomic mass is 10.1. The van der Waals surface area contributed by atoms with Gasteiger partial charge in [-0.1, -0.05) is 24.3 Å². The van der Waals surface area contributed by atoms with Crippen molar-refractivity contribution in [2.24, 2.45) is 0 Å². The van der Waals surface area contributed by atoms with E-state index in [4.69, 9.17) is 10.5 Å². The lowest BCUT2D eigenvalue weighted by Gasteiger charge is -2.13. The standard InChI is InChI=1S/C16H16N2O2/c1-11-3-2-4-14(9-11)18-10-15(20-16(18)19)12-5-7-13(17)8-6-12/h2-9,15H,10,17H2,1H3. The molecule has 2 N–H and O–H groups in total. The summed E-state index contributed by atoms with van der Waals surface area (Å²) < 4.78 is 5.44. The Bertz CT molecular complexity index is 637. The van der Waals surface area contributed by atoms with Crippen molar-refractivity contribution in [3.8, 4) is 0 Å². The van der Waals surface area contributed by atoms with Gasteiger partial charge in [-0.05, 0) is 42.3 Å². The van der Waals surface area contributed by atoms with Gasteiger partial charge in [-0.15, -0.1) is 0 Å². The van der Waals surface area contributed by atoms with Crippen LogP contribution in [0, 0.1) is 6.92 Å². The highest BCUT2D eigenvalue weighted by Crippen LogP contribution is 2.30. The van der Waals surface area contributed by atoms with E-state index in [1.807, 2.05) is 55.5 Å². The maximum Gasteiger partial charge on any atom is 0.415 e. The zero-order valence-electron chi connectivity index (χ0n) is 11.2. The third-order valence-electron chi connectivity index (χ3n) is 3.43. The largest absolute Gasteiger partial charge is 0.439 e. The molecule has 2 aromatic rings. The Morgan fingerprint density at radius 2 is 1.95 bits per heavy atom. The second kappa shape index (κ2) is 4.89. The number of carbonyl (C=O) groups excluding carboxylic acids is 1. The zero-order chi connectivity index (χ0) is 14.1. The van der Waals surface area contributed by atoms with Crippen LogP contribution in [-0.4, -0.2) is 12.6 Å². The molecule has 0 bridgehead atoms. The van der Waals surface area contributed by atoms with Crippen molar-refractivity contribution in [2.45, 2.75) is 13.0 Å². The number of ether oxygens (including phenoxy) is 1. The summed E-state index contributed by atoms with van der Waals surface area (Å²) in [4.78, 5) is 13.7. The highest BCUT2D eigenvalue weighted by Gasteiger charge is 2.33. The van der Waals surface area contributed by atoms with Gasteiger partial charge >= 0.3 is 6.09 Å². The van der Waals surface area contributed by atoms with Crippen molar-refractivity contribution in [1.82, 2.24) is 0 Å². The van der Waals surface area contributed by atoms with E-state index in [1.54, 1.807) is 4.90 Å². The van der Waals surface area contributed by atoms with Gasteiger partial charge in [0.05, 0.1) is 6.54 Å². The summed E-state index contributed by atoms with van der Waals surface area (Å²) >= 11 is 0. The van der Waals surface area contributed by atoms with Crippen LogP contribution in [0.15, 0.2) is 48.5 Å². The molecule has 1 saturated heterocycles. The lowest BCUT2D eigenvalue weighted by molar-refractivity contribution is 0.142. The second-order valence-electron chi connectivity index (χ2n) is 4.99. The lowest BCUT2D eigenvalue weighted by Crippen LogP contribution is -2.23. The summed E-state index contributed by atoms with van der Waals surface area (Å²) in [6.45, 7) is 2.52. The van der Waals surface area contributed by atoms with E-state index in [-0.39, 0.29) is 12.2 Å². The Labute approximate surface area is 117 Å². The van der Waals surface area contributed by atoms with Gasteiger partial charge in [0.1, 0.15) is 6.10 Å². The monoisotopic (exact) mass is 268 g/mol. The molecule has 1 amide bonds. The first-order valence-electron chi connectivity index (χ1n) is 6.54. The Morgan fingerprint density at radius 1 is 1.20 bits per heavy atom. The van der Waals surface area contributed by atoms with Crippen LogP contribution in [0.3, 0.4) is 0 Å². The average molecular weight is 268 g/mol. The van der Waals surface area contributed by atoms with E-state index >= 15 is 0 Å². The maximum atomic E-state index is 12.0. The molecule has 1 aliphatic rings. The number of anilines is 2. The summed E-state index contributed by atoms with van der Waals surface area (Å²) in [6.07, 6.45) is -0.555. The van der Waals surface area contributed by atoms with Crippen molar-refractivity contribution in [3.63, 3.8) is 0 Å². The number of cyclic esters (lactones) is 1. The number of carbonyl (C=O) groups is 1. The van der Waals surface area contributed by atoms with E-state index in [9.17, 15) is 4.79 Å². The van der Waals surface area contributed by atoms with Gasteiger partial charge in [0, 0.05) is 11.4 Å². The Hall–Kier alpha value is -2.49. The number of hydrogen-bond acceptors (Lipinski definition) is 3. The molecule has 4 nitrogen and oxygen atoms in total. The summed E-state index contributed by atoms with van der Waals surface area (Å²) in [7, 11) is 0. The van der Waals surface area contributed by atoms with Gasteiger partial charge in [0.15, 0.2) is 0 Å². The molecule has 4 heteroatoms.